The molecule has 2 aromatic rings. The van der Waals surface area contributed by atoms with Gasteiger partial charge >= 0.3 is 0 Å². The van der Waals surface area contributed by atoms with Crippen LogP contribution < -0.4 is 5.73 Å². The Balaban J connectivity index is 1.55. The third kappa shape index (κ3) is 2.49. The Morgan fingerprint density at radius 3 is 2.56 bits per heavy atom. The number of benzene rings is 1. The van der Waals surface area contributed by atoms with E-state index >= 15 is 0 Å². The van der Waals surface area contributed by atoms with Crippen LogP contribution in [0.2, 0.25) is 0 Å². The van der Waals surface area contributed by atoms with Gasteiger partial charge in [0.2, 0.25) is 0 Å². The SMILES string of the molecule is CC1(C)CC2(C=C(N)C1=O)CN(C(=O)c1cnc3ccccc3n1)C2. The molecular formula is C19H20N4O2. The highest BCUT2D eigenvalue weighted by atomic mass is 16.2. The second-order valence-corrected chi connectivity index (χ2v) is 7.76. The van der Waals surface area contributed by atoms with Crippen molar-refractivity contribution < 1.29 is 9.59 Å². The highest BCUT2D eigenvalue weighted by Crippen LogP contribution is 2.47. The minimum atomic E-state index is -0.489. The summed E-state index contributed by atoms with van der Waals surface area (Å²) in [7, 11) is 0. The van der Waals surface area contributed by atoms with Crippen molar-refractivity contribution in [1.82, 2.24) is 14.9 Å². The highest BCUT2D eigenvalue weighted by molar-refractivity contribution is 6.00. The Hall–Kier alpha value is -2.76. The normalized spacial score (nSPS) is 21.1. The van der Waals surface area contributed by atoms with Crippen molar-refractivity contribution in [2.24, 2.45) is 16.6 Å². The molecule has 128 valence electrons. The number of aromatic nitrogens is 2. The van der Waals surface area contributed by atoms with Gasteiger partial charge in [0.25, 0.3) is 5.91 Å². The number of amides is 1. The lowest BCUT2D eigenvalue weighted by atomic mass is 9.62. The zero-order valence-electron chi connectivity index (χ0n) is 14.3. The Morgan fingerprint density at radius 2 is 1.88 bits per heavy atom. The topological polar surface area (TPSA) is 89.2 Å². The summed E-state index contributed by atoms with van der Waals surface area (Å²) in [6, 6.07) is 7.47. The van der Waals surface area contributed by atoms with E-state index in [4.69, 9.17) is 5.73 Å². The smallest absolute Gasteiger partial charge is 0.274 e. The van der Waals surface area contributed by atoms with E-state index in [9.17, 15) is 9.59 Å². The number of nitrogens with zero attached hydrogens (tertiary/aromatic N) is 3. The average Bonchev–Trinajstić information content (AvgIpc) is 2.56. The van der Waals surface area contributed by atoms with E-state index in [-0.39, 0.29) is 17.1 Å². The summed E-state index contributed by atoms with van der Waals surface area (Å²) in [6.45, 7) is 4.93. The molecule has 4 rings (SSSR count). The van der Waals surface area contributed by atoms with Crippen molar-refractivity contribution in [1.29, 1.82) is 0 Å². The molecule has 2 aliphatic rings. The van der Waals surface area contributed by atoms with Crippen LogP contribution in [0.4, 0.5) is 0 Å². The number of likely N-dealkylation sites (tertiary alicyclic amines) is 1. The molecule has 1 fully saturated rings. The molecular weight excluding hydrogens is 316 g/mol. The average molecular weight is 336 g/mol. The molecule has 6 heteroatoms. The van der Waals surface area contributed by atoms with E-state index in [1.54, 1.807) is 4.90 Å². The number of nitrogens with two attached hydrogens (primary N) is 1. The zero-order valence-corrected chi connectivity index (χ0v) is 14.3. The summed E-state index contributed by atoms with van der Waals surface area (Å²) in [5, 5.41) is 0. The monoisotopic (exact) mass is 336 g/mol. The Bertz CT molecular complexity index is 926. The fraction of sp³-hybridized carbons (Fsp3) is 0.368. The maximum atomic E-state index is 12.7. The van der Waals surface area contributed by atoms with E-state index in [2.05, 4.69) is 9.97 Å². The van der Waals surface area contributed by atoms with Crippen molar-refractivity contribution in [2.45, 2.75) is 20.3 Å². The van der Waals surface area contributed by atoms with Crippen molar-refractivity contribution in [3.63, 3.8) is 0 Å². The molecule has 1 aliphatic carbocycles. The van der Waals surface area contributed by atoms with Gasteiger partial charge in [-0.1, -0.05) is 26.0 Å². The minimum absolute atomic E-state index is 0.0108. The fourth-order valence-corrected chi connectivity index (χ4v) is 4.08. The van der Waals surface area contributed by atoms with E-state index in [0.717, 1.165) is 5.52 Å². The molecule has 0 atom stereocenters. The summed E-state index contributed by atoms with van der Waals surface area (Å²) in [6.07, 6.45) is 4.07. The summed E-state index contributed by atoms with van der Waals surface area (Å²) < 4.78 is 0. The van der Waals surface area contributed by atoms with Gasteiger partial charge in [-0.3, -0.25) is 14.6 Å². The fourth-order valence-electron chi connectivity index (χ4n) is 4.08. The first kappa shape index (κ1) is 15.7. The second-order valence-electron chi connectivity index (χ2n) is 7.76. The molecule has 6 nitrogen and oxygen atoms in total. The Morgan fingerprint density at radius 1 is 1.20 bits per heavy atom. The summed E-state index contributed by atoms with van der Waals surface area (Å²) >= 11 is 0. The van der Waals surface area contributed by atoms with Gasteiger partial charge in [-0.2, -0.15) is 0 Å². The van der Waals surface area contributed by atoms with Crippen molar-refractivity contribution in [3.8, 4) is 0 Å². The van der Waals surface area contributed by atoms with Gasteiger partial charge in [0.05, 0.1) is 22.9 Å². The van der Waals surface area contributed by atoms with E-state index < -0.39 is 5.41 Å². The van der Waals surface area contributed by atoms with Gasteiger partial charge in [-0.15, -0.1) is 0 Å². The minimum Gasteiger partial charge on any atom is -0.396 e. The van der Waals surface area contributed by atoms with Crippen molar-refractivity contribution in [2.75, 3.05) is 13.1 Å². The molecule has 25 heavy (non-hydrogen) atoms. The lowest BCUT2D eigenvalue weighted by Gasteiger charge is -2.53. The molecule has 1 saturated heterocycles. The Labute approximate surface area is 145 Å². The summed E-state index contributed by atoms with van der Waals surface area (Å²) in [5.74, 6) is -0.145. The number of allylic oxidation sites excluding steroid dienone is 1. The van der Waals surface area contributed by atoms with Crippen LogP contribution in [0.25, 0.3) is 11.0 Å². The standard InChI is InChI=1S/C19H20N4O2/c1-18(2)9-19(7-12(20)16(18)24)10-23(11-19)17(25)15-8-21-13-5-3-4-6-14(13)22-15/h3-8H,9-11,20H2,1-2H3. The van der Waals surface area contributed by atoms with Gasteiger partial charge in [0.15, 0.2) is 5.78 Å². The molecule has 0 radical (unpaired) electrons. The van der Waals surface area contributed by atoms with E-state index in [0.29, 0.717) is 36.4 Å². The molecule has 0 saturated carbocycles. The van der Waals surface area contributed by atoms with Crippen LogP contribution in [0.5, 0.6) is 0 Å². The number of carbonyl (C=O) groups excluding carboxylic acids is 2. The molecule has 1 amide bonds. The van der Waals surface area contributed by atoms with Crippen molar-refractivity contribution >= 4 is 22.7 Å². The van der Waals surface area contributed by atoms with E-state index in [1.165, 1.54) is 6.20 Å². The maximum Gasteiger partial charge on any atom is 0.274 e. The van der Waals surface area contributed by atoms with Gasteiger partial charge in [-0.25, -0.2) is 4.98 Å². The van der Waals surface area contributed by atoms with Crippen LogP contribution in [0.3, 0.4) is 0 Å². The number of carbonyl (C=O) groups is 2. The number of rotatable bonds is 1. The molecule has 1 aliphatic heterocycles. The number of fused-ring (bicyclic) bond motifs is 1. The van der Waals surface area contributed by atoms with Gasteiger partial charge in [0, 0.05) is 23.9 Å². The van der Waals surface area contributed by atoms with Crippen LogP contribution in [0.15, 0.2) is 42.2 Å². The number of para-hydroxylation sites is 2. The van der Waals surface area contributed by atoms with Gasteiger partial charge < -0.3 is 10.6 Å². The predicted octanol–water partition coefficient (Wildman–Crippen LogP) is 1.91. The third-order valence-electron chi connectivity index (χ3n) is 5.10. The molecule has 1 aromatic heterocycles. The predicted molar refractivity (Wildman–Crippen MR) is 93.5 cm³/mol. The molecule has 2 heterocycles. The largest absolute Gasteiger partial charge is 0.396 e. The lowest BCUT2D eigenvalue weighted by molar-refractivity contribution is -0.127. The van der Waals surface area contributed by atoms with Crippen LogP contribution in [0, 0.1) is 10.8 Å². The first-order valence-electron chi connectivity index (χ1n) is 8.34. The zero-order chi connectivity index (χ0) is 17.8. The molecule has 0 unspecified atom stereocenters. The first-order valence-corrected chi connectivity index (χ1v) is 8.34. The molecule has 1 aromatic carbocycles. The third-order valence-corrected chi connectivity index (χ3v) is 5.10. The summed E-state index contributed by atoms with van der Waals surface area (Å²) in [4.78, 5) is 35.3. The molecule has 2 N–H and O–H groups in total. The van der Waals surface area contributed by atoms with Crippen LogP contribution in [-0.2, 0) is 4.79 Å². The number of Topliss-reactive ketones (excluding diaryl/α,β-unsaturated/α-hetero) is 1. The first-order chi connectivity index (χ1) is 11.8. The second kappa shape index (κ2) is 5.12. The quantitative estimate of drug-likeness (QED) is 0.859. The van der Waals surface area contributed by atoms with Crippen molar-refractivity contribution in [3.05, 3.63) is 47.9 Å². The van der Waals surface area contributed by atoms with Crippen LogP contribution in [-0.4, -0.2) is 39.6 Å². The Kier molecular flexibility index (Phi) is 3.22. The highest BCUT2D eigenvalue weighted by Gasteiger charge is 2.52. The number of hydrogen-bond acceptors (Lipinski definition) is 5. The maximum absolute atomic E-state index is 12.7. The molecule has 0 bridgehead atoms. The van der Waals surface area contributed by atoms with Crippen LogP contribution >= 0.6 is 0 Å². The van der Waals surface area contributed by atoms with Crippen LogP contribution in [0.1, 0.15) is 30.8 Å². The van der Waals surface area contributed by atoms with Gasteiger partial charge in [-0.05, 0) is 24.6 Å². The van der Waals surface area contributed by atoms with E-state index in [1.807, 2.05) is 44.2 Å². The number of hydrogen-bond donors (Lipinski definition) is 1. The summed E-state index contributed by atoms with van der Waals surface area (Å²) in [5.41, 5.74) is 7.35. The molecule has 1 spiro atoms. The lowest BCUT2D eigenvalue weighted by Crippen LogP contribution is -2.61. The number of ketones is 1. The van der Waals surface area contributed by atoms with Gasteiger partial charge in [0.1, 0.15) is 5.69 Å².